The van der Waals surface area contributed by atoms with Crippen LogP contribution in [0.3, 0.4) is 0 Å². The zero-order valence-electron chi connectivity index (χ0n) is 10.1. The lowest BCUT2D eigenvalue weighted by atomic mass is 9.92. The van der Waals surface area contributed by atoms with E-state index < -0.39 is 6.10 Å². The van der Waals surface area contributed by atoms with Crippen LogP contribution in [0.2, 0.25) is 0 Å². The van der Waals surface area contributed by atoms with Gasteiger partial charge in [-0.1, -0.05) is 30.5 Å². The third-order valence-corrected chi connectivity index (χ3v) is 3.33. The lowest BCUT2D eigenvalue weighted by Gasteiger charge is -2.28. The van der Waals surface area contributed by atoms with Crippen molar-refractivity contribution >= 4 is 5.91 Å². The van der Waals surface area contributed by atoms with Crippen LogP contribution >= 0.6 is 0 Å². The first-order valence-corrected chi connectivity index (χ1v) is 6.22. The van der Waals surface area contributed by atoms with Crippen molar-refractivity contribution < 1.29 is 9.90 Å². The molecule has 1 amide bonds. The number of hydrogen-bond acceptors (Lipinski definition) is 2. The van der Waals surface area contributed by atoms with Gasteiger partial charge in [-0.25, -0.2) is 0 Å². The monoisotopic (exact) mass is 233 g/mol. The summed E-state index contributed by atoms with van der Waals surface area (Å²) in [5, 5.41) is 12.7. The molecule has 2 rings (SSSR count). The third kappa shape index (κ3) is 3.07. The van der Waals surface area contributed by atoms with E-state index >= 15 is 0 Å². The molecule has 3 heteroatoms. The SMILES string of the molecule is Cc1cccc(C(=O)N[C@@H]2CCCC[C@@H]2O)c1. The van der Waals surface area contributed by atoms with Crippen LogP contribution in [0, 0.1) is 6.92 Å². The van der Waals surface area contributed by atoms with Crippen LogP contribution in [0.15, 0.2) is 24.3 Å². The molecule has 0 bridgehead atoms. The lowest BCUT2D eigenvalue weighted by molar-refractivity contribution is 0.0717. The van der Waals surface area contributed by atoms with Crippen molar-refractivity contribution in [2.24, 2.45) is 0 Å². The molecule has 0 heterocycles. The highest BCUT2D eigenvalue weighted by atomic mass is 16.3. The van der Waals surface area contributed by atoms with Gasteiger partial charge in [-0.15, -0.1) is 0 Å². The number of aliphatic hydroxyl groups is 1. The molecular formula is C14H19NO2. The molecule has 1 aliphatic carbocycles. The number of carbonyl (C=O) groups excluding carboxylic acids is 1. The summed E-state index contributed by atoms with van der Waals surface area (Å²) in [7, 11) is 0. The predicted molar refractivity (Wildman–Crippen MR) is 66.9 cm³/mol. The summed E-state index contributed by atoms with van der Waals surface area (Å²) in [6.07, 6.45) is 3.41. The molecule has 1 aromatic rings. The number of amides is 1. The zero-order chi connectivity index (χ0) is 12.3. The Morgan fingerprint density at radius 3 is 2.82 bits per heavy atom. The maximum atomic E-state index is 12.0. The molecule has 2 atom stereocenters. The average Bonchev–Trinajstić information content (AvgIpc) is 2.32. The normalized spacial score (nSPS) is 24.4. The standard InChI is InChI=1S/C14H19NO2/c1-10-5-4-6-11(9-10)14(17)15-12-7-2-3-8-13(12)16/h4-6,9,12-13,16H,2-3,7-8H2,1H3,(H,15,17)/t12-,13+/m1/s1. The molecule has 3 nitrogen and oxygen atoms in total. The van der Waals surface area contributed by atoms with E-state index in [1.165, 1.54) is 0 Å². The number of aryl methyl sites for hydroxylation is 1. The second-order valence-corrected chi connectivity index (χ2v) is 4.80. The summed E-state index contributed by atoms with van der Waals surface area (Å²) < 4.78 is 0. The van der Waals surface area contributed by atoms with Crippen LogP contribution < -0.4 is 5.32 Å². The van der Waals surface area contributed by atoms with Crippen molar-refractivity contribution in [3.05, 3.63) is 35.4 Å². The van der Waals surface area contributed by atoms with E-state index in [9.17, 15) is 9.90 Å². The topological polar surface area (TPSA) is 49.3 Å². The molecule has 1 aliphatic rings. The first kappa shape index (κ1) is 12.1. The van der Waals surface area contributed by atoms with Crippen LogP contribution in [-0.4, -0.2) is 23.2 Å². The molecule has 1 saturated carbocycles. The number of hydrogen-bond donors (Lipinski definition) is 2. The Hall–Kier alpha value is -1.35. The smallest absolute Gasteiger partial charge is 0.251 e. The summed E-state index contributed by atoms with van der Waals surface area (Å²) >= 11 is 0. The van der Waals surface area contributed by atoms with Gasteiger partial charge >= 0.3 is 0 Å². The Balaban J connectivity index is 2.01. The van der Waals surface area contributed by atoms with Gasteiger partial charge in [-0.05, 0) is 31.9 Å². The van der Waals surface area contributed by atoms with E-state index in [-0.39, 0.29) is 11.9 Å². The van der Waals surface area contributed by atoms with Crippen molar-refractivity contribution in [3.63, 3.8) is 0 Å². The molecule has 17 heavy (non-hydrogen) atoms. The van der Waals surface area contributed by atoms with E-state index in [0.29, 0.717) is 5.56 Å². The Morgan fingerprint density at radius 2 is 2.12 bits per heavy atom. The fourth-order valence-electron chi connectivity index (χ4n) is 2.32. The fourth-order valence-corrected chi connectivity index (χ4v) is 2.32. The summed E-state index contributed by atoms with van der Waals surface area (Å²) in [5.41, 5.74) is 1.74. The van der Waals surface area contributed by atoms with Crippen LogP contribution in [0.4, 0.5) is 0 Å². The van der Waals surface area contributed by atoms with Crippen LogP contribution in [0.5, 0.6) is 0 Å². The van der Waals surface area contributed by atoms with Gasteiger partial charge in [-0.3, -0.25) is 4.79 Å². The number of carbonyl (C=O) groups is 1. The first-order valence-electron chi connectivity index (χ1n) is 6.22. The molecule has 0 saturated heterocycles. The molecule has 0 spiro atoms. The van der Waals surface area contributed by atoms with Crippen molar-refractivity contribution in [2.45, 2.75) is 44.8 Å². The van der Waals surface area contributed by atoms with E-state index in [4.69, 9.17) is 0 Å². The Labute approximate surface area is 102 Å². The lowest BCUT2D eigenvalue weighted by Crippen LogP contribution is -2.45. The van der Waals surface area contributed by atoms with Crippen LogP contribution in [0.1, 0.15) is 41.6 Å². The van der Waals surface area contributed by atoms with E-state index in [2.05, 4.69) is 5.32 Å². The predicted octanol–water partition coefficient (Wildman–Crippen LogP) is 2.03. The molecule has 2 N–H and O–H groups in total. The van der Waals surface area contributed by atoms with Gasteiger partial charge in [0.05, 0.1) is 12.1 Å². The van der Waals surface area contributed by atoms with E-state index in [1.807, 2.05) is 25.1 Å². The molecule has 0 aliphatic heterocycles. The highest BCUT2D eigenvalue weighted by Gasteiger charge is 2.24. The Kier molecular flexibility index (Phi) is 3.79. The fraction of sp³-hybridized carbons (Fsp3) is 0.500. The van der Waals surface area contributed by atoms with Gasteiger partial charge in [0.1, 0.15) is 0 Å². The molecule has 1 aromatic carbocycles. The van der Waals surface area contributed by atoms with Gasteiger partial charge in [0.25, 0.3) is 5.91 Å². The number of benzene rings is 1. The largest absolute Gasteiger partial charge is 0.391 e. The molecule has 92 valence electrons. The van der Waals surface area contributed by atoms with Crippen molar-refractivity contribution in [3.8, 4) is 0 Å². The van der Waals surface area contributed by atoms with E-state index in [0.717, 1.165) is 31.2 Å². The number of aliphatic hydroxyl groups excluding tert-OH is 1. The Morgan fingerprint density at radius 1 is 1.35 bits per heavy atom. The highest BCUT2D eigenvalue weighted by molar-refractivity contribution is 5.94. The highest BCUT2D eigenvalue weighted by Crippen LogP contribution is 2.18. The number of nitrogens with one attached hydrogen (secondary N) is 1. The quantitative estimate of drug-likeness (QED) is 0.821. The minimum atomic E-state index is -0.391. The zero-order valence-corrected chi connectivity index (χ0v) is 10.1. The van der Waals surface area contributed by atoms with Crippen molar-refractivity contribution in [1.82, 2.24) is 5.32 Å². The van der Waals surface area contributed by atoms with Gasteiger partial charge in [0.2, 0.25) is 0 Å². The van der Waals surface area contributed by atoms with Gasteiger partial charge in [0.15, 0.2) is 0 Å². The van der Waals surface area contributed by atoms with Crippen molar-refractivity contribution in [2.75, 3.05) is 0 Å². The average molecular weight is 233 g/mol. The second-order valence-electron chi connectivity index (χ2n) is 4.80. The van der Waals surface area contributed by atoms with Gasteiger partial charge in [0, 0.05) is 5.56 Å². The second kappa shape index (κ2) is 5.32. The van der Waals surface area contributed by atoms with Gasteiger partial charge < -0.3 is 10.4 Å². The molecule has 1 fully saturated rings. The maximum absolute atomic E-state index is 12.0. The minimum absolute atomic E-state index is 0.0837. The maximum Gasteiger partial charge on any atom is 0.251 e. The summed E-state index contributed by atoms with van der Waals surface area (Å²) in [6.45, 7) is 1.96. The summed E-state index contributed by atoms with van der Waals surface area (Å²) in [6, 6.07) is 7.42. The first-order chi connectivity index (χ1) is 8.16. The minimum Gasteiger partial charge on any atom is -0.391 e. The number of rotatable bonds is 2. The van der Waals surface area contributed by atoms with Gasteiger partial charge in [-0.2, -0.15) is 0 Å². The Bertz CT molecular complexity index is 403. The summed E-state index contributed by atoms with van der Waals surface area (Å²) in [4.78, 5) is 12.0. The van der Waals surface area contributed by atoms with Crippen molar-refractivity contribution in [1.29, 1.82) is 0 Å². The summed E-state index contributed by atoms with van der Waals surface area (Å²) in [5.74, 6) is -0.0837. The molecule has 0 radical (unpaired) electrons. The molecule has 0 unspecified atom stereocenters. The van der Waals surface area contributed by atoms with Crippen LogP contribution in [0.25, 0.3) is 0 Å². The van der Waals surface area contributed by atoms with E-state index in [1.54, 1.807) is 6.07 Å². The van der Waals surface area contributed by atoms with Crippen LogP contribution in [-0.2, 0) is 0 Å². The molecular weight excluding hydrogens is 214 g/mol. The molecule has 0 aromatic heterocycles. The third-order valence-electron chi connectivity index (χ3n) is 3.33.